The van der Waals surface area contributed by atoms with Gasteiger partial charge in [-0.3, -0.25) is 14.5 Å². The van der Waals surface area contributed by atoms with E-state index in [1.807, 2.05) is 31.2 Å². The van der Waals surface area contributed by atoms with Crippen LogP contribution < -0.4 is 0 Å². The first-order valence-electron chi connectivity index (χ1n) is 12.3. The number of carbonyl (C=O) groups is 2. The fraction of sp³-hybridized carbons (Fsp3) is 0.481. The summed E-state index contributed by atoms with van der Waals surface area (Å²) in [7, 11) is -3.97. The Bertz CT molecular complexity index is 1170. The first-order chi connectivity index (χ1) is 16.7. The summed E-state index contributed by atoms with van der Waals surface area (Å²) < 4.78 is 31.2. The molecule has 2 fully saturated rings. The van der Waals surface area contributed by atoms with Crippen molar-refractivity contribution in [3.8, 4) is 0 Å². The maximum Gasteiger partial charge on any atom is 0.328 e. The van der Waals surface area contributed by atoms with Crippen LogP contribution in [-0.2, 0) is 30.7 Å². The summed E-state index contributed by atoms with van der Waals surface area (Å²) in [6.45, 7) is 6.54. The zero-order chi connectivity index (χ0) is 25.1. The highest BCUT2D eigenvalue weighted by Gasteiger charge is 2.54. The zero-order valence-electron chi connectivity index (χ0n) is 20.5. The minimum Gasteiger partial charge on any atom is -0.454 e. The lowest BCUT2D eigenvalue weighted by Gasteiger charge is -2.35. The van der Waals surface area contributed by atoms with E-state index in [1.54, 1.807) is 24.0 Å². The number of hydrogen-bond donors (Lipinski definition) is 0. The number of rotatable bonds is 7. The predicted octanol–water partition coefficient (Wildman–Crippen LogP) is 3.28. The van der Waals surface area contributed by atoms with Gasteiger partial charge in [0.1, 0.15) is 0 Å². The number of carbonyl (C=O) groups excluding carboxylic acids is 2. The highest BCUT2D eigenvalue weighted by Crippen LogP contribution is 2.42. The first-order valence-corrected chi connectivity index (χ1v) is 13.7. The Morgan fingerprint density at radius 3 is 2.26 bits per heavy atom. The van der Waals surface area contributed by atoms with Crippen LogP contribution in [0.1, 0.15) is 42.4 Å². The molecule has 8 heteroatoms. The van der Waals surface area contributed by atoms with Gasteiger partial charge < -0.3 is 9.64 Å². The lowest BCUT2D eigenvalue weighted by Crippen LogP contribution is -2.50. The highest BCUT2D eigenvalue weighted by atomic mass is 32.2. The standard InChI is InChI=1S/C27H34N2O5S/c1-21-10-11-22(2)24(18-21)35(32,33)27(12-6-7-13-27)26(31)34-20-25(30)29-16-14-28(15-17-29)19-23-8-4-3-5-9-23/h3-5,8-11,18H,6-7,12-17,19-20H2,1-2H3. The maximum atomic E-state index is 13.7. The number of sulfone groups is 1. The van der Waals surface area contributed by atoms with Gasteiger partial charge >= 0.3 is 5.97 Å². The second kappa shape index (κ2) is 10.5. The average Bonchev–Trinajstić information content (AvgIpc) is 3.37. The topological polar surface area (TPSA) is 84.0 Å². The Balaban J connectivity index is 1.38. The van der Waals surface area contributed by atoms with Crippen molar-refractivity contribution in [3.05, 3.63) is 65.2 Å². The Labute approximate surface area is 208 Å². The molecule has 1 amide bonds. The van der Waals surface area contributed by atoms with Gasteiger partial charge in [-0.15, -0.1) is 0 Å². The SMILES string of the molecule is Cc1ccc(C)c(S(=O)(=O)C2(C(=O)OCC(=O)N3CCN(Cc4ccccc4)CC3)CCCC2)c1. The van der Waals surface area contributed by atoms with Crippen LogP contribution in [0, 0.1) is 13.8 Å². The number of aryl methyl sites for hydroxylation is 2. The molecule has 0 unspecified atom stereocenters. The van der Waals surface area contributed by atoms with Crippen molar-refractivity contribution in [1.29, 1.82) is 0 Å². The van der Waals surface area contributed by atoms with Crippen molar-refractivity contribution in [2.24, 2.45) is 0 Å². The Morgan fingerprint density at radius 1 is 0.943 bits per heavy atom. The third-order valence-corrected chi connectivity index (χ3v) is 9.85. The van der Waals surface area contributed by atoms with E-state index >= 15 is 0 Å². The van der Waals surface area contributed by atoms with Gasteiger partial charge in [0.25, 0.3) is 5.91 Å². The summed E-state index contributed by atoms with van der Waals surface area (Å²) in [4.78, 5) is 30.2. The number of ether oxygens (including phenoxy) is 1. The molecule has 0 atom stereocenters. The van der Waals surface area contributed by atoms with Crippen LogP contribution in [0.4, 0.5) is 0 Å². The summed E-state index contributed by atoms with van der Waals surface area (Å²) in [6, 6.07) is 15.4. The van der Waals surface area contributed by atoms with E-state index in [9.17, 15) is 18.0 Å². The quantitative estimate of drug-likeness (QED) is 0.545. The monoisotopic (exact) mass is 498 g/mol. The first kappa shape index (κ1) is 25.4. The summed E-state index contributed by atoms with van der Waals surface area (Å²) in [5, 5.41) is 0. The van der Waals surface area contributed by atoms with Crippen LogP contribution in [0.2, 0.25) is 0 Å². The van der Waals surface area contributed by atoms with Crippen LogP contribution in [0.5, 0.6) is 0 Å². The molecule has 0 spiro atoms. The van der Waals surface area contributed by atoms with E-state index in [4.69, 9.17) is 4.74 Å². The van der Waals surface area contributed by atoms with Gasteiger partial charge in [0.2, 0.25) is 0 Å². The number of hydrogen-bond acceptors (Lipinski definition) is 6. The van der Waals surface area contributed by atoms with Crippen LogP contribution in [0.25, 0.3) is 0 Å². The van der Waals surface area contributed by atoms with E-state index in [0.29, 0.717) is 31.5 Å². The summed E-state index contributed by atoms with van der Waals surface area (Å²) in [6.07, 6.45) is 1.70. The normalized spacial score (nSPS) is 18.4. The van der Waals surface area contributed by atoms with Crippen molar-refractivity contribution >= 4 is 21.7 Å². The molecule has 4 rings (SSSR count). The van der Waals surface area contributed by atoms with E-state index in [0.717, 1.165) is 25.2 Å². The number of amides is 1. The van der Waals surface area contributed by atoms with Crippen molar-refractivity contribution in [3.63, 3.8) is 0 Å². The fourth-order valence-electron chi connectivity index (χ4n) is 5.08. The summed E-state index contributed by atoms with van der Waals surface area (Å²) in [5.41, 5.74) is 2.66. The molecule has 188 valence electrons. The third-order valence-electron chi connectivity index (χ3n) is 7.23. The number of nitrogens with zero attached hydrogens (tertiary/aromatic N) is 2. The molecule has 1 saturated carbocycles. The van der Waals surface area contributed by atoms with Gasteiger partial charge in [0.05, 0.1) is 4.90 Å². The molecule has 0 bridgehead atoms. The molecule has 7 nitrogen and oxygen atoms in total. The molecule has 2 aromatic rings. The summed E-state index contributed by atoms with van der Waals surface area (Å²) >= 11 is 0. The van der Waals surface area contributed by atoms with Gasteiger partial charge in [-0.1, -0.05) is 55.3 Å². The predicted molar refractivity (Wildman–Crippen MR) is 134 cm³/mol. The minimum absolute atomic E-state index is 0.178. The molecule has 1 aliphatic carbocycles. The molecule has 1 heterocycles. The largest absolute Gasteiger partial charge is 0.454 e. The number of piperazine rings is 1. The Morgan fingerprint density at radius 2 is 1.60 bits per heavy atom. The Kier molecular flexibility index (Phi) is 7.62. The number of benzene rings is 2. The molecule has 35 heavy (non-hydrogen) atoms. The molecular formula is C27H34N2O5S. The van der Waals surface area contributed by atoms with Crippen LogP contribution >= 0.6 is 0 Å². The lowest BCUT2D eigenvalue weighted by molar-refractivity contribution is -0.154. The minimum atomic E-state index is -3.97. The molecule has 0 aromatic heterocycles. The molecule has 0 radical (unpaired) electrons. The molecule has 1 saturated heterocycles. The van der Waals surface area contributed by atoms with Gasteiger partial charge in [0, 0.05) is 32.7 Å². The second-order valence-electron chi connectivity index (χ2n) is 9.69. The van der Waals surface area contributed by atoms with Crippen molar-refractivity contribution in [1.82, 2.24) is 9.80 Å². The zero-order valence-corrected chi connectivity index (χ0v) is 21.4. The molecular weight excluding hydrogens is 464 g/mol. The molecule has 2 aromatic carbocycles. The fourth-order valence-corrected chi connectivity index (χ4v) is 7.44. The van der Waals surface area contributed by atoms with Crippen LogP contribution in [-0.4, -0.2) is 67.6 Å². The van der Waals surface area contributed by atoms with Gasteiger partial charge in [-0.25, -0.2) is 8.42 Å². The molecule has 0 N–H and O–H groups in total. The molecule has 2 aliphatic rings. The van der Waals surface area contributed by atoms with Gasteiger partial charge in [-0.2, -0.15) is 0 Å². The van der Waals surface area contributed by atoms with Gasteiger partial charge in [-0.05, 0) is 49.4 Å². The summed E-state index contributed by atoms with van der Waals surface area (Å²) in [5.74, 6) is -1.08. The second-order valence-corrected chi connectivity index (χ2v) is 11.9. The highest BCUT2D eigenvalue weighted by molar-refractivity contribution is 7.93. The third kappa shape index (κ3) is 5.28. The van der Waals surface area contributed by atoms with Gasteiger partial charge in [0.15, 0.2) is 21.2 Å². The van der Waals surface area contributed by atoms with Crippen molar-refractivity contribution in [2.75, 3.05) is 32.8 Å². The van der Waals surface area contributed by atoms with Crippen molar-refractivity contribution in [2.45, 2.75) is 55.7 Å². The molecule has 1 aliphatic heterocycles. The average molecular weight is 499 g/mol. The van der Waals surface area contributed by atoms with E-state index in [-0.39, 0.29) is 23.6 Å². The van der Waals surface area contributed by atoms with E-state index in [2.05, 4.69) is 17.0 Å². The number of esters is 1. The lowest BCUT2D eigenvalue weighted by atomic mass is 10.1. The van der Waals surface area contributed by atoms with Crippen LogP contribution in [0.3, 0.4) is 0 Å². The smallest absolute Gasteiger partial charge is 0.328 e. The maximum absolute atomic E-state index is 13.7. The van der Waals surface area contributed by atoms with Crippen molar-refractivity contribution < 1.29 is 22.7 Å². The van der Waals surface area contributed by atoms with Crippen LogP contribution in [0.15, 0.2) is 53.4 Å². The van der Waals surface area contributed by atoms with E-state index in [1.165, 1.54) is 5.56 Å². The van der Waals surface area contributed by atoms with E-state index < -0.39 is 27.2 Å². The Hall–Kier alpha value is -2.71.